The maximum atomic E-state index is 11.8. The second kappa shape index (κ2) is 5.49. The van der Waals surface area contributed by atoms with Crippen LogP contribution in [0.15, 0.2) is 29.4 Å². The summed E-state index contributed by atoms with van der Waals surface area (Å²) in [6.07, 6.45) is 1.44. The number of carbonyl (C=O) groups excluding carboxylic acids is 1. The number of nitrogens with one attached hydrogen (secondary N) is 1. The first-order valence-corrected chi connectivity index (χ1v) is 6.23. The Morgan fingerprint density at radius 1 is 1.58 bits per heavy atom. The summed E-state index contributed by atoms with van der Waals surface area (Å²) >= 11 is 1.11. The predicted octanol–water partition coefficient (Wildman–Crippen LogP) is 1.50. The minimum atomic E-state index is -0.358. The van der Waals surface area contributed by atoms with E-state index in [1.54, 1.807) is 25.1 Å². The van der Waals surface area contributed by atoms with Gasteiger partial charge in [0.2, 0.25) is 0 Å². The third-order valence-electron chi connectivity index (χ3n) is 2.27. The Bertz CT molecular complexity index is 636. The fourth-order valence-corrected chi connectivity index (χ4v) is 2.17. The molecule has 0 bridgehead atoms. The Morgan fingerprint density at radius 3 is 3.00 bits per heavy atom. The van der Waals surface area contributed by atoms with Crippen molar-refractivity contribution in [2.75, 3.05) is 5.73 Å². The Hall–Kier alpha value is -2.41. The molecule has 0 atom stereocenters. The molecule has 0 spiro atoms. The summed E-state index contributed by atoms with van der Waals surface area (Å²) in [7, 11) is 0. The van der Waals surface area contributed by atoms with Gasteiger partial charge in [-0.15, -0.1) is 0 Å². The number of nitrogens with two attached hydrogens (primary N) is 1. The number of hydrogen-bond acceptors (Lipinski definition) is 6. The molecule has 0 radical (unpaired) electrons. The van der Waals surface area contributed by atoms with Crippen LogP contribution >= 0.6 is 11.3 Å². The first-order valence-electron chi connectivity index (χ1n) is 5.41. The number of carbonyl (C=O) groups is 1. The number of anilines is 1. The molecule has 0 saturated carbocycles. The first kappa shape index (κ1) is 13.0. The van der Waals surface area contributed by atoms with E-state index >= 15 is 0 Å². The number of amides is 1. The Labute approximate surface area is 113 Å². The monoisotopic (exact) mass is 276 g/mol. The van der Waals surface area contributed by atoms with Crippen molar-refractivity contribution in [3.05, 3.63) is 40.4 Å². The molecule has 6 nitrogen and oxygen atoms in total. The number of aromatic nitrogens is 1. The summed E-state index contributed by atoms with van der Waals surface area (Å²) in [5.74, 6) is -0.218. The molecule has 1 amide bonds. The first-order chi connectivity index (χ1) is 9.06. The van der Waals surface area contributed by atoms with Crippen molar-refractivity contribution >= 4 is 28.6 Å². The van der Waals surface area contributed by atoms with Gasteiger partial charge in [-0.05, 0) is 24.6 Å². The van der Waals surface area contributed by atoms with E-state index in [9.17, 15) is 9.90 Å². The normalized spacial score (nSPS) is 10.8. The molecule has 1 aromatic heterocycles. The summed E-state index contributed by atoms with van der Waals surface area (Å²) in [5.41, 5.74) is 9.16. The fraction of sp³-hybridized carbons (Fsp3) is 0.0833. The highest BCUT2D eigenvalue weighted by molar-refractivity contribution is 7.17. The Morgan fingerprint density at radius 2 is 2.37 bits per heavy atom. The number of phenols is 1. The van der Waals surface area contributed by atoms with Gasteiger partial charge in [-0.25, -0.2) is 10.4 Å². The maximum Gasteiger partial charge on any atom is 0.283 e. The van der Waals surface area contributed by atoms with Gasteiger partial charge in [0.1, 0.15) is 10.6 Å². The molecule has 0 aliphatic rings. The van der Waals surface area contributed by atoms with Crippen LogP contribution in [0.1, 0.15) is 20.9 Å². The van der Waals surface area contributed by atoms with Gasteiger partial charge in [0, 0.05) is 0 Å². The molecule has 1 aromatic carbocycles. The van der Waals surface area contributed by atoms with Gasteiger partial charge in [-0.3, -0.25) is 4.79 Å². The van der Waals surface area contributed by atoms with Crippen LogP contribution in [0.5, 0.6) is 5.75 Å². The molecule has 4 N–H and O–H groups in total. The molecule has 19 heavy (non-hydrogen) atoms. The standard InChI is InChI=1S/C12H12N4O2S/c1-7-10(19-12(13)15-7)11(18)16-14-6-8-3-2-4-9(17)5-8/h2-6,17H,1H3,(H2,13,15)(H,16,18)/b14-6-. The molecule has 2 rings (SSSR count). The minimum Gasteiger partial charge on any atom is -0.508 e. The van der Waals surface area contributed by atoms with Gasteiger partial charge in [0.05, 0.1) is 11.9 Å². The third kappa shape index (κ3) is 3.29. The summed E-state index contributed by atoms with van der Waals surface area (Å²) < 4.78 is 0. The zero-order valence-electron chi connectivity index (χ0n) is 10.1. The number of thiazole rings is 1. The van der Waals surface area contributed by atoms with E-state index in [1.807, 2.05) is 0 Å². The van der Waals surface area contributed by atoms with E-state index in [2.05, 4.69) is 15.5 Å². The number of hydrazone groups is 1. The van der Waals surface area contributed by atoms with Crippen molar-refractivity contribution in [1.29, 1.82) is 0 Å². The van der Waals surface area contributed by atoms with Crippen LogP contribution in [-0.4, -0.2) is 22.2 Å². The lowest BCUT2D eigenvalue weighted by molar-refractivity contribution is 0.0958. The van der Waals surface area contributed by atoms with Crippen LogP contribution in [0.4, 0.5) is 5.13 Å². The molecule has 7 heteroatoms. The van der Waals surface area contributed by atoms with Gasteiger partial charge in [-0.2, -0.15) is 5.10 Å². The van der Waals surface area contributed by atoms with E-state index in [-0.39, 0.29) is 11.7 Å². The third-order valence-corrected chi connectivity index (χ3v) is 3.25. The number of nitrogen functional groups attached to an aromatic ring is 1. The lowest BCUT2D eigenvalue weighted by Crippen LogP contribution is -2.17. The lowest BCUT2D eigenvalue weighted by Gasteiger charge is -1.97. The minimum absolute atomic E-state index is 0.140. The van der Waals surface area contributed by atoms with E-state index in [0.29, 0.717) is 21.3 Å². The van der Waals surface area contributed by atoms with Crippen molar-refractivity contribution in [1.82, 2.24) is 10.4 Å². The van der Waals surface area contributed by atoms with E-state index in [4.69, 9.17) is 5.73 Å². The highest BCUT2D eigenvalue weighted by atomic mass is 32.1. The molecular formula is C12H12N4O2S. The molecule has 0 aliphatic carbocycles. The lowest BCUT2D eigenvalue weighted by atomic mass is 10.2. The SMILES string of the molecule is Cc1nc(N)sc1C(=O)N/N=C\c1cccc(O)c1. The summed E-state index contributed by atoms with van der Waals surface area (Å²) in [6.45, 7) is 1.71. The van der Waals surface area contributed by atoms with Crippen molar-refractivity contribution in [3.8, 4) is 5.75 Å². The molecule has 2 aromatic rings. The Balaban J connectivity index is 2.03. The zero-order chi connectivity index (χ0) is 13.8. The number of nitrogens with zero attached hydrogens (tertiary/aromatic N) is 2. The van der Waals surface area contributed by atoms with Crippen molar-refractivity contribution in [2.24, 2.45) is 5.10 Å². The molecule has 0 aliphatic heterocycles. The molecule has 1 heterocycles. The summed E-state index contributed by atoms with van der Waals surface area (Å²) in [6, 6.07) is 6.53. The van der Waals surface area contributed by atoms with Crippen molar-refractivity contribution in [3.63, 3.8) is 0 Å². The molecule has 0 fully saturated rings. The molecule has 0 unspecified atom stereocenters. The predicted molar refractivity (Wildman–Crippen MR) is 74.4 cm³/mol. The van der Waals surface area contributed by atoms with Crippen molar-refractivity contribution in [2.45, 2.75) is 6.92 Å². The number of benzene rings is 1. The zero-order valence-corrected chi connectivity index (χ0v) is 10.9. The number of rotatable bonds is 3. The van der Waals surface area contributed by atoms with Gasteiger partial charge in [0.25, 0.3) is 5.91 Å². The maximum absolute atomic E-state index is 11.8. The number of aryl methyl sites for hydroxylation is 1. The summed E-state index contributed by atoms with van der Waals surface area (Å²) in [5, 5.41) is 13.4. The largest absolute Gasteiger partial charge is 0.508 e. The second-order valence-electron chi connectivity index (χ2n) is 3.76. The number of phenolic OH excluding ortho intramolecular Hbond substituents is 1. The molecule has 0 saturated heterocycles. The van der Waals surface area contributed by atoms with Gasteiger partial charge in [-0.1, -0.05) is 23.5 Å². The van der Waals surface area contributed by atoms with E-state index < -0.39 is 0 Å². The summed E-state index contributed by atoms with van der Waals surface area (Å²) in [4.78, 5) is 16.2. The average molecular weight is 276 g/mol. The fourth-order valence-electron chi connectivity index (χ4n) is 1.45. The van der Waals surface area contributed by atoms with Crippen LogP contribution in [0, 0.1) is 6.92 Å². The van der Waals surface area contributed by atoms with Crippen molar-refractivity contribution < 1.29 is 9.90 Å². The van der Waals surface area contributed by atoms with Gasteiger partial charge < -0.3 is 10.8 Å². The van der Waals surface area contributed by atoms with Crippen LogP contribution < -0.4 is 11.2 Å². The Kier molecular flexibility index (Phi) is 3.76. The number of aromatic hydroxyl groups is 1. The van der Waals surface area contributed by atoms with E-state index in [1.165, 1.54) is 12.3 Å². The van der Waals surface area contributed by atoms with Crippen LogP contribution in [-0.2, 0) is 0 Å². The topological polar surface area (TPSA) is 101 Å². The highest BCUT2D eigenvalue weighted by Gasteiger charge is 2.13. The van der Waals surface area contributed by atoms with E-state index in [0.717, 1.165) is 11.3 Å². The van der Waals surface area contributed by atoms with Crippen LogP contribution in [0.2, 0.25) is 0 Å². The smallest absolute Gasteiger partial charge is 0.283 e. The van der Waals surface area contributed by atoms with Crippen LogP contribution in [0.25, 0.3) is 0 Å². The van der Waals surface area contributed by atoms with Gasteiger partial charge in [0.15, 0.2) is 5.13 Å². The average Bonchev–Trinajstić information content (AvgIpc) is 2.68. The highest BCUT2D eigenvalue weighted by Crippen LogP contribution is 2.19. The van der Waals surface area contributed by atoms with Gasteiger partial charge >= 0.3 is 0 Å². The quantitative estimate of drug-likeness (QED) is 0.584. The second-order valence-corrected chi connectivity index (χ2v) is 4.79. The molecular weight excluding hydrogens is 264 g/mol. The van der Waals surface area contributed by atoms with Crippen LogP contribution in [0.3, 0.4) is 0 Å². The number of hydrogen-bond donors (Lipinski definition) is 3. The molecule has 98 valence electrons.